The van der Waals surface area contributed by atoms with E-state index in [2.05, 4.69) is 0 Å². The Kier molecular flexibility index (Phi) is 4.71. The number of esters is 2. The van der Waals surface area contributed by atoms with Crippen LogP contribution in [0, 0.1) is 17.3 Å². The molecule has 2 aliphatic heterocycles. The smallest absolute Gasteiger partial charge is 0.325 e. The largest absolute Gasteiger partial charge is 0.448 e. The molecule has 0 aromatic heterocycles. The summed E-state index contributed by atoms with van der Waals surface area (Å²) in [6.07, 6.45) is 1.33. The van der Waals surface area contributed by atoms with Crippen LogP contribution < -0.4 is 0 Å². The topological polar surface area (TPSA) is 52.6 Å². The minimum absolute atomic E-state index is 0.399. The third-order valence-electron chi connectivity index (χ3n) is 8.82. The lowest BCUT2D eigenvalue weighted by atomic mass is 9.61. The average Bonchev–Trinajstić information content (AvgIpc) is 3.58. The van der Waals surface area contributed by atoms with Crippen LogP contribution in [-0.4, -0.2) is 11.9 Å². The molecule has 0 N–H and O–H groups in total. The summed E-state index contributed by atoms with van der Waals surface area (Å²) >= 11 is 0. The summed E-state index contributed by atoms with van der Waals surface area (Å²) in [7, 11) is 0. The molecule has 4 aromatic carbocycles. The second-order valence-electron chi connectivity index (χ2n) is 10.3. The summed E-state index contributed by atoms with van der Waals surface area (Å²) in [5.41, 5.74) is -0.0439. The van der Waals surface area contributed by atoms with Crippen molar-refractivity contribution in [2.45, 2.75) is 24.0 Å². The van der Waals surface area contributed by atoms with Crippen LogP contribution in [0.15, 0.2) is 121 Å². The van der Waals surface area contributed by atoms with Gasteiger partial charge in [0.25, 0.3) is 0 Å². The Morgan fingerprint density at radius 1 is 0.459 bits per heavy atom. The number of carbonyl (C=O) groups excluding carboxylic acids is 2. The number of benzene rings is 4. The van der Waals surface area contributed by atoms with Crippen LogP contribution in [0.2, 0.25) is 0 Å². The first-order chi connectivity index (χ1) is 18.1. The maximum Gasteiger partial charge on any atom is 0.325 e. The number of ether oxygens (including phenoxy) is 2. The van der Waals surface area contributed by atoms with E-state index >= 15 is 0 Å². The lowest BCUT2D eigenvalue weighted by Crippen LogP contribution is -2.44. The van der Waals surface area contributed by atoms with Gasteiger partial charge in [0.15, 0.2) is 16.6 Å². The third kappa shape index (κ3) is 2.68. The molecule has 1 aliphatic carbocycles. The van der Waals surface area contributed by atoms with Gasteiger partial charge in [0.05, 0.1) is 0 Å². The zero-order valence-electron chi connectivity index (χ0n) is 20.2. The second-order valence-corrected chi connectivity index (χ2v) is 10.3. The highest BCUT2D eigenvalue weighted by Crippen LogP contribution is 2.72. The molecule has 4 nitrogen and oxygen atoms in total. The van der Waals surface area contributed by atoms with E-state index in [-0.39, 0.29) is 0 Å². The Balaban J connectivity index is 1.49. The quantitative estimate of drug-likeness (QED) is 0.262. The van der Waals surface area contributed by atoms with Gasteiger partial charge < -0.3 is 9.47 Å². The van der Waals surface area contributed by atoms with E-state index in [1.807, 2.05) is 121 Å². The van der Waals surface area contributed by atoms with Crippen LogP contribution in [0.5, 0.6) is 0 Å². The van der Waals surface area contributed by atoms with Crippen LogP contribution in [0.3, 0.4) is 0 Å². The molecule has 4 heteroatoms. The van der Waals surface area contributed by atoms with E-state index in [1.165, 1.54) is 0 Å². The molecule has 37 heavy (non-hydrogen) atoms. The van der Waals surface area contributed by atoms with Crippen molar-refractivity contribution in [2.75, 3.05) is 0 Å². The first-order valence-electron chi connectivity index (χ1n) is 12.8. The fraction of sp³-hybridized carbons (Fsp3) is 0.212. The summed E-state index contributed by atoms with van der Waals surface area (Å²) in [5, 5.41) is 0. The van der Waals surface area contributed by atoms with Crippen molar-refractivity contribution < 1.29 is 19.1 Å². The summed E-state index contributed by atoms with van der Waals surface area (Å²) in [4.78, 5) is 28.5. The molecule has 2 saturated heterocycles. The van der Waals surface area contributed by atoms with Crippen LogP contribution in [0.25, 0.3) is 0 Å². The van der Waals surface area contributed by atoms with Crippen molar-refractivity contribution in [1.29, 1.82) is 0 Å². The lowest BCUT2D eigenvalue weighted by molar-refractivity contribution is -0.161. The van der Waals surface area contributed by atoms with Crippen LogP contribution in [0.4, 0.5) is 0 Å². The Morgan fingerprint density at radius 3 is 1.00 bits per heavy atom. The van der Waals surface area contributed by atoms with E-state index in [4.69, 9.17) is 9.47 Å². The summed E-state index contributed by atoms with van der Waals surface area (Å²) in [5.74, 6) is -1.76. The third-order valence-corrected chi connectivity index (χ3v) is 8.82. The monoisotopic (exact) mass is 486 g/mol. The SMILES string of the molecule is O=C1OC(c2ccccc2)(c2ccccc2)C2CC[C@H]3C(c4ccccc4)(c4ccccc4)OC(=O)C123. The maximum atomic E-state index is 14.3. The molecule has 4 aromatic rings. The van der Waals surface area contributed by atoms with Gasteiger partial charge in [-0.2, -0.15) is 0 Å². The Hall–Kier alpha value is -4.18. The fourth-order valence-corrected chi connectivity index (χ4v) is 7.45. The molecule has 1 saturated carbocycles. The van der Waals surface area contributed by atoms with Gasteiger partial charge in [0, 0.05) is 34.1 Å². The number of cyclic esters (lactones) is 2. The molecule has 3 fully saturated rings. The standard InChI is InChI=1S/C33H26O4/c34-29-31-27(32(36-29,23-13-5-1-6-14-23)24-15-7-2-8-16-24)21-22-28(31)33(37-30(31)35,25-17-9-3-10-18-25)26-19-11-4-12-20-26/h1-20,27-28H,21-22H2/t27-,28?,31?/m1/s1. The van der Waals surface area contributed by atoms with Crippen molar-refractivity contribution in [2.24, 2.45) is 17.3 Å². The second kappa shape index (κ2) is 7.91. The van der Waals surface area contributed by atoms with Gasteiger partial charge in [-0.3, -0.25) is 9.59 Å². The number of hydrogen-bond donors (Lipinski definition) is 0. The van der Waals surface area contributed by atoms with Gasteiger partial charge >= 0.3 is 11.9 Å². The van der Waals surface area contributed by atoms with Crippen molar-refractivity contribution in [3.8, 4) is 0 Å². The highest BCUT2D eigenvalue weighted by atomic mass is 16.6. The minimum Gasteiger partial charge on any atom is -0.448 e. The van der Waals surface area contributed by atoms with E-state index in [0.717, 1.165) is 22.3 Å². The van der Waals surface area contributed by atoms with E-state index in [9.17, 15) is 9.59 Å². The lowest BCUT2D eigenvalue weighted by Gasteiger charge is -2.35. The molecule has 2 heterocycles. The molecular weight excluding hydrogens is 460 g/mol. The van der Waals surface area contributed by atoms with Gasteiger partial charge in [-0.25, -0.2) is 0 Å². The molecule has 1 spiro atoms. The maximum absolute atomic E-state index is 14.3. The molecule has 0 radical (unpaired) electrons. The van der Waals surface area contributed by atoms with Crippen molar-refractivity contribution >= 4 is 11.9 Å². The van der Waals surface area contributed by atoms with Gasteiger partial charge in [-0.15, -0.1) is 0 Å². The van der Waals surface area contributed by atoms with Crippen molar-refractivity contribution in [3.63, 3.8) is 0 Å². The van der Waals surface area contributed by atoms with Crippen LogP contribution in [0.1, 0.15) is 35.1 Å². The molecular formula is C33H26O4. The number of carbonyl (C=O) groups is 2. The van der Waals surface area contributed by atoms with Gasteiger partial charge in [-0.05, 0) is 12.8 Å². The first-order valence-corrected chi connectivity index (χ1v) is 12.8. The average molecular weight is 487 g/mol. The van der Waals surface area contributed by atoms with E-state index in [1.54, 1.807) is 0 Å². The van der Waals surface area contributed by atoms with Gasteiger partial charge in [0.1, 0.15) is 0 Å². The Labute approximate surface area is 215 Å². The summed E-state index contributed by atoms with van der Waals surface area (Å²) < 4.78 is 13.0. The van der Waals surface area contributed by atoms with Crippen LogP contribution in [-0.2, 0) is 30.3 Å². The predicted molar refractivity (Wildman–Crippen MR) is 138 cm³/mol. The molecule has 3 atom stereocenters. The van der Waals surface area contributed by atoms with Crippen molar-refractivity contribution in [1.82, 2.24) is 0 Å². The highest BCUT2D eigenvalue weighted by molar-refractivity contribution is 6.06. The fourth-order valence-electron chi connectivity index (χ4n) is 7.45. The minimum atomic E-state index is -1.41. The van der Waals surface area contributed by atoms with Crippen molar-refractivity contribution in [3.05, 3.63) is 144 Å². The predicted octanol–water partition coefficient (Wildman–Crippen LogP) is 6.00. The van der Waals surface area contributed by atoms with E-state index < -0.39 is 40.4 Å². The molecule has 0 bridgehead atoms. The summed E-state index contributed by atoms with van der Waals surface area (Å²) in [6, 6.07) is 39.4. The van der Waals surface area contributed by atoms with Gasteiger partial charge in [0.2, 0.25) is 0 Å². The molecule has 182 valence electrons. The summed E-state index contributed by atoms with van der Waals surface area (Å²) in [6.45, 7) is 0. The van der Waals surface area contributed by atoms with Gasteiger partial charge in [-0.1, -0.05) is 121 Å². The molecule has 7 rings (SSSR count). The van der Waals surface area contributed by atoms with Crippen LogP contribution >= 0.6 is 0 Å². The molecule has 3 aliphatic rings. The Morgan fingerprint density at radius 2 is 0.730 bits per heavy atom. The normalized spacial score (nSPS) is 26.7. The first kappa shape index (κ1) is 22.1. The van der Waals surface area contributed by atoms with E-state index in [0.29, 0.717) is 12.8 Å². The zero-order valence-corrected chi connectivity index (χ0v) is 20.2. The zero-order chi connectivity index (χ0) is 25.1. The molecule has 0 amide bonds. The Bertz CT molecular complexity index is 1270. The number of hydrogen-bond acceptors (Lipinski definition) is 4. The molecule has 2 unspecified atom stereocenters. The highest BCUT2D eigenvalue weighted by Gasteiger charge is 2.82. The number of rotatable bonds is 4.